The minimum Gasteiger partial charge on any atom is -0.396 e. The summed E-state index contributed by atoms with van der Waals surface area (Å²) in [5, 5.41) is 10.00. The second-order valence-electron chi connectivity index (χ2n) is 8.70. The lowest BCUT2D eigenvalue weighted by molar-refractivity contribution is 0.106. The number of aryl methyl sites for hydroxylation is 1. The van der Waals surface area contributed by atoms with Gasteiger partial charge in [0.25, 0.3) is 0 Å². The van der Waals surface area contributed by atoms with Crippen molar-refractivity contribution < 1.29 is 5.11 Å². The second-order valence-corrected chi connectivity index (χ2v) is 8.70. The van der Waals surface area contributed by atoms with E-state index in [2.05, 4.69) is 44.5 Å². The van der Waals surface area contributed by atoms with Crippen molar-refractivity contribution in [3.8, 4) is 0 Å². The lowest BCUT2D eigenvalue weighted by atomic mass is 9.96. The minimum atomic E-state index is 0.263. The second kappa shape index (κ2) is 8.93. The van der Waals surface area contributed by atoms with Crippen molar-refractivity contribution in [2.45, 2.75) is 26.7 Å². The van der Waals surface area contributed by atoms with E-state index in [1.807, 2.05) is 0 Å². The standard InChI is InChI=1S/C21H36N6O/c1-3-24-8-10-25(11-9-24)13-18-14-27(15-19(18)16-28)20-12-17(2)22-21(23-20)26-6-4-5-7-26/h12,18-19,28H,3-11,13-16H2,1-2H3/t18-,19-/m1/s1. The van der Waals surface area contributed by atoms with Gasteiger partial charge in [0.1, 0.15) is 5.82 Å². The molecule has 2 atom stereocenters. The van der Waals surface area contributed by atoms with Crippen LogP contribution in [0.15, 0.2) is 6.07 Å². The fourth-order valence-corrected chi connectivity index (χ4v) is 4.92. The molecule has 4 heterocycles. The van der Waals surface area contributed by atoms with Crippen LogP contribution < -0.4 is 9.80 Å². The minimum absolute atomic E-state index is 0.263. The number of nitrogens with zero attached hydrogens (tertiary/aromatic N) is 6. The molecule has 4 rings (SSSR count). The first-order valence-electron chi connectivity index (χ1n) is 11.1. The van der Waals surface area contributed by atoms with Gasteiger partial charge in [-0.25, -0.2) is 4.98 Å². The van der Waals surface area contributed by atoms with Crippen molar-refractivity contribution in [2.24, 2.45) is 11.8 Å². The molecule has 0 radical (unpaired) electrons. The molecule has 7 nitrogen and oxygen atoms in total. The molecule has 3 saturated heterocycles. The zero-order valence-corrected chi connectivity index (χ0v) is 17.6. The highest BCUT2D eigenvalue weighted by Gasteiger charge is 2.35. The molecule has 156 valence electrons. The van der Waals surface area contributed by atoms with E-state index in [1.165, 1.54) is 25.9 Å². The van der Waals surface area contributed by atoms with Crippen molar-refractivity contribution >= 4 is 11.8 Å². The summed E-state index contributed by atoms with van der Waals surface area (Å²) in [6, 6.07) is 2.11. The lowest BCUT2D eigenvalue weighted by Gasteiger charge is -2.36. The molecule has 1 aromatic heterocycles. The number of hydrogen-bond acceptors (Lipinski definition) is 7. The van der Waals surface area contributed by atoms with Crippen LogP contribution in [0.3, 0.4) is 0 Å². The van der Waals surface area contributed by atoms with Gasteiger partial charge in [-0.2, -0.15) is 4.98 Å². The van der Waals surface area contributed by atoms with E-state index >= 15 is 0 Å². The van der Waals surface area contributed by atoms with Gasteiger partial charge in [-0.05, 0) is 32.2 Å². The Balaban J connectivity index is 1.42. The lowest BCUT2D eigenvalue weighted by Crippen LogP contribution is -2.48. The van der Waals surface area contributed by atoms with Crippen LogP contribution in [0.5, 0.6) is 0 Å². The van der Waals surface area contributed by atoms with Crippen molar-refractivity contribution in [1.82, 2.24) is 19.8 Å². The van der Waals surface area contributed by atoms with Crippen LogP contribution in [0.4, 0.5) is 11.8 Å². The summed E-state index contributed by atoms with van der Waals surface area (Å²) < 4.78 is 0. The maximum atomic E-state index is 10.00. The average Bonchev–Trinajstić information content (AvgIpc) is 3.38. The average molecular weight is 389 g/mol. The Morgan fingerprint density at radius 1 is 0.929 bits per heavy atom. The van der Waals surface area contributed by atoms with Crippen LogP contribution in [-0.4, -0.2) is 96.9 Å². The van der Waals surface area contributed by atoms with Gasteiger partial charge in [0.05, 0.1) is 0 Å². The SMILES string of the molecule is CCN1CCN(C[C@@H]2CN(c3cc(C)nc(N4CCCC4)n3)C[C@@H]2CO)CC1. The molecule has 3 fully saturated rings. The number of rotatable bonds is 6. The van der Waals surface area contributed by atoms with Gasteiger partial charge in [-0.15, -0.1) is 0 Å². The predicted octanol–water partition coefficient (Wildman–Crippen LogP) is 1.07. The number of aliphatic hydroxyl groups is 1. The first-order chi connectivity index (χ1) is 13.7. The summed E-state index contributed by atoms with van der Waals surface area (Å²) in [5.41, 5.74) is 1.03. The van der Waals surface area contributed by atoms with Gasteiger partial charge in [0.15, 0.2) is 0 Å². The summed E-state index contributed by atoms with van der Waals surface area (Å²) in [7, 11) is 0. The third kappa shape index (κ3) is 4.42. The summed E-state index contributed by atoms with van der Waals surface area (Å²) in [5.74, 6) is 2.75. The number of likely N-dealkylation sites (N-methyl/N-ethyl adjacent to an activating group) is 1. The van der Waals surface area contributed by atoms with Crippen molar-refractivity contribution in [1.29, 1.82) is 0 Å². The highest BCUT2D eigenvalue weighted by molar-refractivity contribution is 5.47. The molecule has 0 amide bonds. The zero-order chi connectivity index (χ0) is 19.5. The van der Waals surface area contributed by atoms with Crippen LogP contribution in [-0.2, 0) is 0 Å². The first kappa shape index (κ1) is 19.9. The molecule has 0 aliphatic carbocycles. The largest absolute Gasteiger partial charge is 0.396 e. The molecule has 0 saturated carbocycles. The molecular formula is C21H36N6O. The predicted molar refractivity (Wildman–Crippen MR) is 113 cm³/mol. The molecular weight excluding hydrogens is 352 g/mol. The van der Waals surface area contributed by atoms with Gasteiger partial charge in [0, 0.05) is 83.2 Å². The van der Waals surface area contributed by atoms with Gasteiger partial charge in [-0.3, -0.25) is 0 Å². The zero-order valence-electron chi connectivity index (χ0n) is 17.6. The highest BCUT2D eigenvalue weighted by Crippen LogP contribution is 2.30. The quantitative estimate of drug-likeness (QED) is 0.782. The highest BCUT2D eigenvalue weighted by atomic mass is 16.3. The first-order valence-corrected chi connectivity index (χ1v) is 11.1. The number of piperazine rings is 1. The Hall–Kier alpha value is -1.44. The number of aliphatic hydroxyl groups excluding tert-OH is 1. The maximum Gasteiger partial charge on any atom is 0.227 e. The van der Waals surface area contributed by atoms with E-state index in [1.54, 1.807) is 0 Å². The Kier molecular flexibility index (Phi) is 6.33. The topological polar surface area (TPSA) is 59.0 Å². The van der Waals surface area contributed by atoms with E-state index < -0.39 is 0 Å². The summed E-state index contributed by atoms with van der Waals surface area (Å²) >= 11 is 0. The maximum absolute atomic E-state index is 10.00. The van der Waals surface area contributed by atoms with Gasteiger partial charge in [0.2, 0.25) is 5.95 Å². The van der Waals surface area contributed by atoms with E-state index in [0.717, 1.165) is 69.8 Å². The third-order valence-corrected chi connectivity index (χ3v) is 6.76. The van der Waals surface area contributed by atoms with E-state index in [-0.39, 0.29) is 6.61 Å². The summed E-state index contributed by atoms with van der Waals surface area (Å²) in [4.78, 5) is 19.4. The Bertz CT molecular complexity index is 642. The smallest absolute Gasteiger partial charge is 0.227 e. The van der Waals surface area contributed by atoms with E-state index in [0.29, 0.717) is 11.8 Å². The Morgan fingerprint density at radius 3 is 2.29 bits per heavy atom. The van der Waals surface area contributed by atoms with Crippen LogP contribution in [0.1, 0.15) is 25.5 Å². The summed E-state index contributed by atoms with van der Waals surface area (Å²) in [6.07, 6.45) is 2.46. The van der Waals surface area contributed by atoms with E-state index in [4.69, 9.17) is 4.98 Å². The number of aromatic nitrogens is 2. The molecule has 1 aromatic rings. The molecule has 0 spiro atoms. The fourth-order valence-electron chi connectivity index (χ4n) is 4.92. The molecule has 0 unspecified atom stereocenters. The monoisotopic (exact) mass is 388 g/mol. The van der Waals surface area contributed by atoms with Gasteiger partial charge >= 0.3 is 0 Å². The number of anilines is 2. The molecule has 7 heteroatoms. The van der Waals surface area contributed by atoms with Gasteiger partial charge < -0.3 is 24.7 Å². The molecule has 0 bridgehead atoms. The van der Waals surface area contributed by atoms with Crippen LogP contribution >= 0.6 is 0 Å². The molecule has 3 aliphatic heterocycles. The van der Waals surface area contributed by atoms with Crippen molar-refractivity contribution in [3.05, 3.63) is 11.8 Å². The Morgan fingerprint density at radius 2 is 1.61 bits per heavy atom. The van der Waals surface area contributed by atoms with E-state index in [9.17, 15) is 5.11 Å². The van der Waals surface area contributed by atoms with Crippen LogP contribution in [0.25, 0.3) is 0 Å². The molecule has 28 heavy (non-hydrogen) atoms. The van der Waals surface area contributed by atoms with Crippen LogP contribution in [0, 0.1) is 18.8 Å². The summed E-state index contributed by atoms with van der Waals surface area (Å²) in [6.45, 7) is 15.4. The fraction of sp³-hybridized carbons (Fsp3) is 0.810. The molecule has 0 aromatic carbocycles. The number of hydrogen-bond donors (Lipinski definition) is 1. The third-order valence-electron chi connectivity index (χ3n) is 6.76. The normalized spacial score (nSPS) is 27.1. The van der Waals surface area contributed by atoms with Crippen LogP contribution in [0.2, 0.25) is 0 Å². The molecule has 1 N–H and O–H groups in total. The van der Waals surface area contributed by atoms with Crippen molar-refractivity contribution in [3.63, 3.8) is 0 Å². The Labute approximate surface area is 169 Å². The van der Waals surface area contributed by atoms with Gasteiger partial charge in [-0.1, -0.05) is 6.92 Å². The molecule has 3 aliphatic rings. The van der Waals surface area contributed by atoms with Crippen molar-refractivity contribution in [2.75, 3.05) is 81.9 Å².